The third-order valence-electron chi connectivity index (χ3n) is 3.95. The molecule has 0 fully saturated rings. The number of hydrogen-bond acceptors (Lipinski definition) is 5. The minimum absolute atomic E-state index is 0.0858. The van der Waals surface area contributed by atoms with Crippen molar-refractivity contribution in [1.29, 1.82) is 0 Å². The number of nitrogens with one attached hydrogen (secondary N) is 3. The zero-order valence-electron chi connectivity index (χ0n) is 17.4. The average Bonchev–Trinajstić information content (AvgIpc) is 2.67. The molecule has 7 heteroatoms. The Hall–Kier alpha value is -3.06. The SMILES string of the molecule is COCCOc1ccc(NCC(=O)Nc2cccc(NC(=O)C(C)(C)C)c2)cc1. The Bertz CT molecular complexity index is 814. The number of hydrogen-bond donors (Lipinski definition) is 3. The molecule has 2 aromatic carbocycles. The molecule has 29 heavy (non-hydrogen) atoms. The molecule has 0 saturated heterocycles. The van der Waals surface area contributed by atoms with Gasteiger partial charge in [-0.1, -0.05) is 26.8 Å². The van der Waals surface area contributed by atoms with E-state index in [2.05, 4.69) is 16.0 Å². The Kier molecular flexibility index (Phi) is 8.03. The molecule has 0 spiro atoms. The highest BCUT2D eigenvalue weighted by molar-refractivity contribution is 5.97. The van der Waals surface area contributed by atoms with Gasteiger partial charge in [0, 0.05) is 29.6 Å². The summed E-state index contributed by atoms with van der Waals surface area (Å²) in [4.78, 5) is 24.3. The Morgan fingerprint density at radius 1 is 0.897 bits per heavy atom. The number of benzene rings is 2. The van der Waals surface area contributed by atoms with Crippen LogP contribution in [0, 0.1) is 5.41 Å². The fourth-order valence-electron chi connectivity index (χ4n) is 2.29. The monoisotopic (exact) mass is 399 g/mol. The smallest absolute Gasteiger partial charge is 0.243 e. The molecular weight excluding hydrogens is 370 g/mol. The van der Waals surface area contributed by atoms with Gasteiger partial charge in [0.15, 0.2) is 0 Å². The first kappa shape index (κ1) is 22.2. The second-order valence-corrected chi connectivity index (χ2v) is 7.55. The average molecular weight is 399 g/mol. The van der Waals surface area contributed by atoms with Gasteiger partial charge in [0.25, 0.3) is 0 Å². The van der Waals surface area contributed by atoms with E-state index >= 15 is 0 Å². The first-order valence-electron chi connectivity index (χ1n) is 9.45. The number of carbonyl (C=O) groups is 2. The molecule has 156 valence electrons. The molecule has 0 aliphatic carbocycles. The van der Waals surface area contributed by atoms with Crippen molar-refractivity contribution in [2.24, 2.45) is 5.41 Å². The zero-order chi connectivity index (χ0) is 21.3. The number of ether oxygens (including phenoxy) is 2. The number of carbonyl (C=O) groups excluding carboxylic acids is 2. The minimum atomic E-state index is -0.493. The Balaban J connectivity index is 1.83. The van der Waals surface area contributed by atoms with Crippen LogP contribution in [0.5, 0.6) is 5.75 Å². The fraction of sp³-hybridized carbons (Fsp3) is 0.364. The summed E-state index contributed by atoms with van der Waals surface area (Å²) in [7, 11) is 1.62. The summed E-state index contributed by atoms with van der Waals surface area (Å²) in [5.41, 5.74) is 1.57. The van der Waals surface area contributed by atoms with Crippen LogP contribution in [0.4, 0.5) is 17.1 Å². The van der Waals surface area contributed by atoms with Crippen LogP contribution in [-0.4, -0.2) is 38.7 Å². The Labute approximate surface area is 171 Å². The van der Waals surface area contributed by atoms with Gasteiger partial charge in [0.2, 0.25) is 11.8 Å². The van der Waals surface area contributed by atoms with E-state index in [1.807, 2.05) is 45.0 Å². The van der Waals surface area contributed by atoms with Crippen LogP contribution in [0.15, 0.2) is 48.5 Å². The maximum absolute atomic E-state index is 12.2. The standard InChI is InChI=1S/C22H29N3O4/c1-22(2,3)21(27)25-18-7-5-6-17(14-18)24-20(26)15-23-16-8-10-19(11-9-16)29-13-12-28-4/h5-11,14,23H,12-13,15H2,1-4H3,(H,24,26)(H,25,27). The molecule has 2 rings (SSSR count). The molecule has 2 aromatic rings. The second-order valence-electron chi connectivity index (χ2n) is 7.55. The van der Waals surface area contributed by atoms with Gasteiger partial charge in [-0.25, -0.2) is 0 Å². The van der Waals surface area contributed by atoms with Crippen molar-refractivity contribution in [2.75, 3.05) is 42.8 Å². The molecule has 0 radical (unpaired) electrons. The van der Waals surface area contributed by atoms with Gasteiger partial charge >= 0.3 is 0 Å². The Morgan fingerprint density at radius 3 is 2.17 bits per heavy atom. The maximum atomic E-state index is 12.2. The van der Waals surface area contributed by atoms with Gasteiger partial charge in [-0.3, -0.25) is 9.59 Å². The third kappa shape index (κ3) is 7.83. The van der Waals surface area contributed by atoms with Crippen molar-refractivity contribution < 1.29 is 19.1 Å². The summed E-state index contributed by atoms with van der Waals surface area (Å²) in [6.45, 7) is 6.67. The maximum Gasteiger partial charge on any atom is 0.243 e. The van der Waals surface area contributed by atoms with Crippen molar-refractivity contribution in [3.8, 4) is 5.75 Å². The first-order valence-corrected chi connectivity index (χ1v) is 9.45. The second kappa shape index (κ2) is 10.5. The zero-order valence-corrected chi connectivity index (χ0v) is 17.4. The lowest BCUT2D eigenvalue weighted by Crippen LogP contribution is -2.27. The largest absolute Gasteiger partial charge is 0.491 e. The van der Waals surface area contributed by atoms with E-state index in [1.165, 1.54) is 0 Å². The summed E-state index contributed by atoms with van der Waals surface area (Å²) in [5.74, 6) is 0.466. The van der Waals surface area contributed by atoms with Crippen LogP contribution in [0.2, 0.25) is 0 Å². The number of rotatable bonds is 9. The van der Waals surface area contributed by atoms with E-state index in [9.17, 15) is 9.59 Å². The van der Waals surface area contributed by atoms with E-state index in [1.54, 1.807) is 31.4 Å². The molecule has 0 atom stereocenters. The van der Waals surface area contributed by atoms with Gasteiger partial charge in [0.1, 0.15) is 12.4 Å². The van der Waals surface area contributed by atoms with E-state index in [0.29, 0.717) is 24.6 Å². The quantitative estimate of drug-likeness (QED) is 0.559. The van der Waals surface area contributed by atoms with E-state index in [-0.39, 0.29) is 18.4 Å². The summed E-state index contributed by atoms with van der Waals surface area (Å²) >= 11 is 0. The van der Waals surface area contributed by atoms with Gasteiger partial charge in [-0.15, -0.1) is 0 Å². The lowest BCUT2D eigenvalue weighted by Gasteiger charge is -2.18. The van der Waals surface area contributed by atoms with Crippen molar-refractivity contribution in [3.63, 3.8) is 0 Å². The summed E-state index contributed by atoms with van der Waals surface area (Å²) in [6.07, 6.45) is 0. The predicted molar refractivity (Wildman–Crippen MR) is 115 cm³/mol. The molecule has 2 amide bonds. The Morgan fingerprint density at radius 2 is 1.55 bits per heavy atom. The molecule has 0 aromatic heterocycles. The molecular formula is C22H29N3O4. The van der Waals surface area contributed by atoms with Crippen molar-refractivity contribution in [1.82, 2.24) is 0 Å². The van der Waals surface area contributed by atoms with Crippen molar-refractivity contribution in [2.45, 2.75) is 20.8 Å². The molecule has 0 saturated carbocycles. The van der Waals surface area contributed by atoms with Crippen molar-refractivity contribution in [3.05, 3.63) is 48.5 Å². The normalized spacial score (nSPS) is 10.9. The van der Waals surface area contributed by atoms with E-state index in [0.717, 1.165) is 11.4 Å². The molecule has 0 heterocycles. The highest BCUT2D eigenvalue weighted by Gasteiger charge is 2.21. The topological polar surface area (TPSA) is 88.7 Å². The molecule has 0 bridgehead atoms. The molecule has 0 aliphatic heterocycles. The lowest BCUT2D eigenvalue weighted by atomic mass is 9.95. The van der Waals surface area contributed by atoms with Crippen LogP contribution in [0.1, 0.15) is 20.8 Å². The summed E-state index contributed by atoms with van der Waals surface area (Å²) < 4.78 is 10.4. The van der Waals surface area contributed by atoms with Gasteiger partial charge < -0.3 is 25.4 Å². The number of amides is 2. The van der Waals surface area contributed by atoms with Crippen LogP contribution >= 0.6 is 0 Å². The lowest BCUT2D eigenvalue weighted by molar-refractivity contribution is -0.123. The van der Waals surface area contributed by atoms with E-state index in [4.69, 9.17) is 9.47 Å². The summed E-state index contributed by atoms with van der Waals surface area (Å²) in [5, 5.41) is 8.73. The van der Waals surface area contributed by atoms with Gasteiger partial charge in [-0.2, -0.15) is 0 Å². The highest BCUT2D eigenvalue weighted by Crippen LogP contribution is 2.20. The number of anilines is 3. The number of methoxy groups -OCH3 is 1. The molecule has 3 N–H and O–H groups in total. The van der Waals surface area contributed by atoms with Gasteiger partial charge in [-0.05, 0) is 42.5 Å². The fourth-order valence-corrected chi connectivity index (χ4v) is 2.29. The molecule has 0 aliphatic rings. The van der Waals surface area contributed by atoms with Crippen molar-refractivity contribution >= 4 is 28.9 Å². The van der Waals surface area contributed by atoms with Crippen LogP contribution < -0.4 is 20.7 Å². The molecule has 7 nitrogen and oxygen atoms in total. The summed E-state index contributed by atoms with van der Waals surface area (Å²) in [6, 6.07) is 14.4. The first-order chi connectivity index (χ1) is 13.8. The van der Waals surface area contributed by atoms with Crippen LogP contribution in [0.25, 0.3) is 0 Å². The highest BCUT2D eigenvalue weighted by atomic mass is 16.5. The predicted octanol–water partition coefficient (Wildman–Crippen LogP) is 3.75. The van der Waals surface area contributed by atoms with Gasteiger partial charge in [0.05, 0.1) is 13.2 Å². The van der Waals surface area contributed by atoms with Crippen LogP contribution in [-0.2, 0) is 14.3 Å². The molecule has 0 unspecified atom stereocenters. The minimum Gasteiger partial charge on any atom is -0.491 e. The van der Waals surface area contributed by atoms with E-state index < -0.39 is 5.41 Å². The third-order valence-corrected chi connectivity index (χ3v) is 3.95. The van der Waals surface area contributed by atoms with Crippen LogP contribution in [0.3, 0.4) is 0 Å².